The minimum Gasteiger partial charge on any atom is -0.739 e. The summed E-state index contributed by atoms with van der Waals surface area (Å²) in [7, 11) is 1.28. The normalized spacial score (nSPS) is 27.8. The third-order valence-electron chi connectivity index (χ3n) is 4.67. The van der Waals surface area contributed by atoms with Crippen LogP contribution in [0, 0.1) is 10.4 Å². The number of hydrogen-bond acceptors (Lipinski definition) is 11. The number of methoxy groups -OCH3 is 1. The van der Waals surface area contributed by atoms with Gasteiger partial charge in [0.1, 0.15) is 30.5 Å². The summed E-state index contributed by atoms with van der Waals surface area (Å²) < 4.78 is 16.0. The second-order valence-electron chi connectivity index (χ2n) is 6.80. The van der Waals surface area contributed by atoms with E-state index in [0.717, 1.165) is 0 Å². The van der Waals surface area contributed by atoms with E-state index in [9.17, 15) is 30.8 Å². The molecule has 0 amide bonds. The summed E-state index contributed by atoms with van der Waals surface area (Å²) >= 11 is 0. The Morgan fingerprint density at radius 1 is 1.17 bits per heavy atom. The summed E-state index contributed by atoms with van der Waals surface area (Å²) in [6, 6.07) is 6.14. The number of para-hydroxylation sites is 2. The fraction of sp³-hybridized carbons (Fsp3) is 0.588. The maximum atomic E-state index is 12.3. The zero-order chi connectivity index (χ0) is 21.8. The van der Waals surface area contributed by atoms with Crippen molar-refractivity contribution in [1.82, 2.24) is 5.10 Å². The summed E-state index contributed by atoms with van der Waals surface area (Å²) in [6.45, 7) is -0.554. The SMILES string of the molecule is CO[C@H]1O[C@H](COCC(O)CNc2n[n+]([O-])c3ccccc3[n+]2[O-])[C@@H](O)[C@H](O)[C@H]1O. The molecular weight excluding hydrogens is 404 g/mol. The molecule has 166 valence electrons. The molecule has 13 nitrogen and oxygen atoms in total. The lowest BCUT2D eigenvalue weighted by molar-refractivity contribution is -0.672. The molecule has 1 unspecified atom stereocenters. The van der Waals surface area contributed by atoms with Gasteiger partial charge in [-0.15, -0.1) is 0 Å². The number of rotatable bonds is 8. The molecule has 6 atom stereocenters. The topological polar surface area (TPSA) is 187 Å². The molecule has 1 aliphatic rings. The Kier molecular flexibility index (Phi) is 7.14. The quantitative estimate of drug-likeness (QED) is 0.210. The molecule has 0 bridgehead atoms. The zero-order valence-electron chi connectivity index (χ0n) is 16.1. The van der Waals surface area contributed by atoms with Crippen LogP contribution >= 0.6 is 0 Å². The van der Waals surface area contributed by atoms with Crippen molar-refractivity contribution in [2.24, 2.45) is 0 Å². The van der Waals surface area contributed by atoms with Crippen molar-refractivity contribution >= 4 is 17.0 Å². The molecule has 3 rings (SSSR count). The number of benzene rings is 1. The first-order chi connectivity index (χ1) is 14.3. The second kappa shape index (κ2) is 9.61. The molecular formula is C17H24N4O9. The molecule has 2 aromatic rings. The summed E-state index contributed by atoms with van der Waals surface area (Å²) in [4.78, 5) is 0.308. The maximum absolute atomic E-state index is 12.3. The molecule has 1 aromatic carbocycles. The number of nitrogens with one attached hydrogen (secondary N) is 1. The van der Waals surface area contributed by atoms with E-state index in [1.807, 2.05) is 0 Å². The second-order valence-corrected chi connectivity index (χ2v) is 6.80. The van der Waals surface area contributed by atoms with Gasteiger partial charge in [0.15, 0.2) is 11.8 Å². The van der Waals surface area contributed by atoms with Crippen molar-refractivity contribution < 1.29 is 44.2 Å². The Labute approximate surface area is 170 Å². The first-order valence-electron chi connectivity index (χ1n) is 9.17. The van der Waals surface area contributed by atoms with Crippen LogP contribution in [0.3, 0.4) is 0 Å². The molecule has 0 aliphatic carbocycles. The number of hydrogen-bond donors (Lipinski definition) is 5. The predicted octanol–water partition coefficient (Wildman–Crippen LogP) is -3.25. The van der Waals surface area contributed by atoms with Crippen molar-refractivity contribution in [3.05, 3.63) is 34.7 Å². The lowest BCUT2D eigenvalue weighted by Gasteiger charge is -2.39. The number of ether oxygens (including phenoxy) is 3. The highest BCUT2D eigenvalue weighted by Crippen LogP contribution is 2.21. The van der Waals surface area contributed by atoms with Crippen LogP contribution in [-0.2, 0) is 14.2 Å². The zero-order valence-corrected chi connectivity index (χ0v) is 16.1. The van der Waals surface area contributed by atoms with E-state index >= 15 is 0 Å². The van der Waals surface area contributed by atoms with Crippen LogP contribution in [-0.4, -0.2) is 89.2 Å². The Morgan fingerprint density at radius 2 is 1.87 bits per heavy atom. The average molecular weight is 428 g/mol. The summed E-state index contributed by atoms with van der Waals surface area (Å²) in [5, 5.41) is 69.9. The van der Waals surface area contributed by atoms with Crippen LogP contribution in [0.2, 0.25) is 0 Å². The average Bonchev–Trinajstić information content (AvgIpc) is 2.75. The number of aliphatic hydroxyl groups excluding tert-OH is 4. The van der Waals surface area contributed by atoms with Crippen LogP contribution in [0.25, 0.3) is 11.0 Å². The van der Waals surface area contributed by atoms with Gasteiger partial charge in [-0.2, -0.15) is 0 Å². The lowest BCUT2D eigenvalue weighted by atomic mass is 9.99. The van der Waals surface area contributed by atoms with Crippen molar-refractivity contribution in [3.8, 4) is 0 Å². The lowest BCUT2D eigenvalue weighted by Crippen LogP contribution is -2.59. The Bertz CT molecular complexity index is 855. The van der Waals surface area contributed by atoms with Crippen LogP contribution in [0.15, 0.2) is 24.3 Å². The molecule has 1 aliphatic heterocycles. The van der Waals surface area contributed by atoms with Crippen molar-refractivity contribution in [3.63, 3.8) is 0 Å². The molecule has 0 radical (unpaired) electrons. The molecule has 13 heteroatoms. The highest BCUT2D eigenvalue weighted by molar-refractivity contribution is 5.67. The molecule has 0 saturated carbocycles. The fourth-order valence-electron chi connectivity index (χ4n) is 3.04. The minimum atomic E-state index is -1.48. The largest absolute Gasteiger partial charge is 0.739 e. The Morgan fingerprint density at radius 3 is 2.57 bits per heavy atom. The van der Waals surface area contributed by atoms with E-state index in [-0.39, 0.29) is 36.7 Å². The van der Waals surface area contributed by atoms with Gasteiger partial charge < -0.3 is 45.1 Å². The number of fused-ring (bicyclic) bond motifs is 1. The van der Waals surface area contributed by atoms with Gasteiger partial charge in [-0.25, -0.2) is 4.73 Å². The van der Waals surface area contributed by atoms with E-state index < -0.39 is 36.8 Å². The molecule has 30 heavy (non-hydrogen) atoms. The molecule has 0 spiro atoms. The summed E-state index contributed by atoms with van der Waals surface area (Å²) in [6.07, 6.45) is -7.50. The molecule has 1 fully saturated rings. The third-order valence-corrected chi connectivity index (χ3v) is 4.67. The van der Waals surface area contributed by atoms with Gasteiger partial charge in [-0.1, -0.05) is 12.1 Å². The van der Waals surface area contributed by atoms with Crippen molar-refractivity contribution in [1.29, 1.82) is 0 Å². The van der Waals surface area contributed by atoms with Gasteiger partial charge in [0.2, 0.25) is 5.10 Å². The van der Waals surface area contributed by atoms with E-state index in [4.69, 9.17) is 14.2 Å². The number of anilines is 1. The first kappa shape index (κ1) is 22.3. The standard InChI is InChI=1S/C17H24N4O9/c1-28-16-15(25)14(24)13(23)12(30-16)8-29-7-9(22)6-18-17-19-21(27)11-5-3-2-4-10(11)20(17)26/h2-5,9,12-16,22-25H,6-8H2,1H3,(H,18,19)/t9?,12-,13-,14+,15-,16+/m1/s1. The molecule has 5 N–H and O–H groups in total. The van der Waals surface area contributed by atoms with Gasteiger partial charge in [0.05, 0.1) is 19.8 Å². The van der Waals surface area contributed by atoms with Gasteiger partial charge >= 0.3 is 5.95 Å². The highest BCUT2D eigenvalue weighted by atomic mass is 16.7. The monoisotopic (exact) mass is 428 g/mol. The molecule has 2 heterocycles. The van der Waals surface area contributed by atoms with Crippen LogP contribution in [0.5, 0.6) is 0 Å². The summed E-state index contributed by atoms with van der Waals surface area (Å²) in [5.41, 5.74) is 0.224. The van der Waals surface area contributed by atoms with Crippen molar-refractivity contribution in [2.45, 2.75) is 36.8 Å². The van der Waals surface area contributed by atoms with E-state index in [2.05, 4.69) is 10.4 Å². The number of aromatic nitrogens is 3. The van der Waals surface area contributed by atoms with Crippen LogP contribution < -0.4 is 14.9 Å². The van der Waals surface area contributed by atoms with E-state index in [1.165, 1.54) is 19.2 Å². The van der Waals surface area contributed by atoms with E-state index in [1.54, 1.807) is 12.1 Å². The predicted molar refractivity (Wildman–Crippen MR) is 98.7 cm³/mol. The fourth-order valence-corrected chi connectivity index (χ4v) is 3.04. The molecule has 1 aromatic heterocycles. The van der Waals surface area contributed by atoms with Crippen molar-refractivity contribution in [2.75, 3.05) is 32.2 Å². The highest BCUT2D eigenvalue weighted by Gasteiger charge is 2.44. The maximum Gasteiger partial charge on any atom is 0.461 e. The molecule has 1 saturated heterocycles. The number of nitrogens with zero attached hydrogens (tertiary/aromatic N) is 3. The minimum absolute atomic E-state index is 0.106. The van der Waals surface area contributed by atoms with Crippen LogP contribution in [0.4, 0.5) is 5.95 Å². The van der Waals surface area contributed by atoms with Gasteiger partial charge in [0, 0.05) is 18.0 Å². The number of aliphatic hydroxyl groups is 4. The first-order valence-corrected chi connectivity index (χ1v) is 9.17. The van der Waals surface area contributed by atoms with Gasteiger partial charge in [-0.3, -0.25) is 5.32 Å². The smallest absolute Gasteiger partial charge is 0.461 e. The van der Waals surface area contributed by atoms with Gasteiger partial charge in [-0.05, 0) is 6.07 Å². The van der Waals surface area contributed by atoms with Gasteiger partial charge in [0.25, 0.3) is 5.52 Å². The van der Waals surface area contributed by atoms with E-state index in [0.29, 0.717) is 9.58 Å². The third kappa shape index (κ3) is 4.67. The Hall–Kier alpha value is -2.39. The summed E-state index contributed by atoms with van der Waals surface area (Å²) in [5.74, 6) is -0.283. The van der Waals surface area contributed by atoms with Crippen LogP contribution in [0.1, 0.15) is 0 Å². The Balaban J connectivity index is 1.50.